The first-order valence-corrected chi connectivity index (χ1v) is 9.82. The number of aromatic nitrogens is 2. The number of aromatic amines is 1. The van der Waals surface area contributed by atoms with Gasteiger partial charge in [-0.1, -0.05) is 24.3 Å². The van der Waals surface area contributed by atoms with Crippen LogP contribution >= 0.6 is 22.6 Å². The van der Waals surface area contributed by atoms with E-state index in [1.807, 2.05) is 6.20 Å². The van der Waals surface area contributed by atoms with Crippen LogP contribution in [0.2, 0.25) is 0 Å². The molecule has 0 radical (unpaired) electrons. The number of pyridine rings is 1. The zero-order chi connectivity index (χ0) is 17.4. The van der Waals surface area contributed by atoms with Gasteiger partial charge in [-0.3, -0.25) is 4.90 Å². The normalized spacial score (nSPS) is 16.6. The Hall–Kier alpha value is -1.44. The molecule has 0 amide bonds. The Labute approximate surface area is 162 Å². The number of nitrogens with zero attached hydrogens (tertiary/aromatic N) is 3. The van der Waals surface area contributed by atoms with Crippen LogP contribution in [-0.4, -0.2) is 53.0 Å². The van der Waals surface area contributed by atoms with Crippen molar-refractivity contribution in [2.75, 3.05) is 33.2 Å². The van der Waals surface area contributed by atoms with Crippen LogP contribution in [-0.2, 0) is 6.54 Å². The Morgan fingerprint density at radius 2 is 1.80 bits per heavy atom. The third kappa shape index (κ3) is 3.59. The van der Waals surface area contributed by atoms with E-state index in [4.69, 9.17) is 0 Å². The Balaban J connectivity index is 1.52. The Morgan fingerprint density at radius 1 is 1.08 bits per heavy atom. The number of rotatable bonds is 3. The van der Waals surface area contributed by atoms with E-state index in [9.17, 15) is 0 Å². The first-order valence-electron chi connectivity index (χ1n) is 8.74. The number of benzene rings is 1. The van der Waals surface area contributed by atoms with Gasteiger partial charge in [0.1, 0.15) is 5.65 Å². The fraction of sp³-hybridized carbons (Fsp3) is 0.350. The lowest BCUT2D eigenvalue weighted by Gasteiger charge is -2.32. The van der Waals surface area contributed by atoms with Gasteiger partial charge >= 0.3 is 0 Å². The molecular formula is C20H23IN4. The number of nitrogens with one attached hydrogen (secondary N) is 1. The maximum Gasteiger partial charge on any atom is 0.138 e. The number of fused-ring (bicyclic) bond motifs is 1. The predicted octanol–water partition coefficient (Wildman–Crippen LogP) is 3.89. The zero-order valence-electron chi connectivity index (χ0n) is 14.7. The first kappa shape index (κ1) is 17.0. The van der Waals surface area contributed by atoms with Crippen molar-refractivity contribution in [2.24, 2.45) is 0 Å². The van der Waals surface area contributed by atoms with Crippen molar-refractivity contribution in [2.45, 2.75) is 13.5 Å². The van der Waals surface area contributed by atoms with Crippen molar-refractivity contribution in [1.29, 1.82) is 0 Å². The summed E-state index contributed by atoms with van der Waals surface area (Å²) in [6.07, 6.45) is 1.96. The summed E-state index contributed by atoms with van der Waals surface area (Å²) in [5, 5.41) is 1.21. The second-order valence-electron chi connectivity index (χ2n) is 6.96. The summed E-state index contributed by atoms with van der Waals surface area (Å²) in [5.74, 6) is 0. The van der Waals surface area contributed by atoms with Gasteiger partial charge in [0.05, 0.1) is 0 Å². The molecule has 1 fully saturated rings. The summed E-state index contributed by atoms with van der Waals surface area (Å²) in [4.78, 5) is 12.9. The molecule has 1 aliphatic rings. The number of halogens is 1. The number of hydrogen-bond donors (Lipinski definition) is 1. The standard InChI is InChI=1S/C20H23IN4/c1-14-19(21)18-11-17(12-22-20(18)23-14)16-5-3-15(4-6-16)13-25-9-7-24(2)8-10-25/h3-6,11-12H,7-10,13H2,1-2H3,(H,22,23). The minimum atomic E-state index is 0.970. The van der Waals surface area contributed by atoms with E-state index < -0.39 is 0 Å². The van der Waals surface area contributed by atoms with Crippen LogP contribution in [0.5, 0.6) is 0 Å². The highest BCUT2D eigenvalue weighted by Crippen LogP contribution is 2.27. The maximum absolute atomic E-state index is 4.59. The van der Waals surface area contributed by atoms with Crippen molar-refractivity contribution < 1.29 is 0 Å². The van der Waals surface area contributed by atoms with Crippen molar-refractivity contribution in [3.63, 3.8) is 0 Å². The van der Waals surface area contributed by atoms with Crippen molar-refractivity contribution in [3.8, 4) is 11.1 Å². The fourth-order valence-corrected chi connectivity index (χ4v) is 3.94. The fourth-order valence-electron chi connectivity index (χ4n) is 3.39. The van der Waals surface area contributed by atoms with Crippen molar-refractivity contribution >= 4 is 33.6 Å². The summed E-state index contributed by atoms with van der Waals surface area (Å²) in [7, 11) is 2.20. The quantitative estimate of drug-likeness (QED) is 0.621. The number of likely N-dealkylation sites (N-methyl/N-ethyl adjacent to an activating group) is 1. The molecule has 0 unspecified atom stereocenters. The second kappa shape index (κ2) is 7.05. The van der Waals surface area contributed by atoms with Crippen LogP contribution < -0.4 is 0 Å². The Kier molecular flexibility index (Phi) is 4.80. The minimum absolute atomic E-state index is 0.970. The lowest BCUT2D eigenvalue weighted by atomic mass is 10.0. The van der Waals surface area contributed by atoms with Gasteiger partial charge in [0.15, 0.2) is 0 Å². The number of piperazine rings is 1. The maximum atomic E-state index is 4.59. The highest BCUT2D eigenvalue weighted by atomic mass is 127. The number of hydrogen-bond acceptors (Lipinski definition) is 3. The van der Waals surface area contributed by atoms with Crippen LogP contribution in [0.1, 0.15) is 11.3 Å². The minimum Gasteiger partial charge on any atom is -0.343 e. The Morgan fingerprint density at radius 3 is 2.52 bits per heavy atom. The molecule has 0 atom stereocenters. The first-order chi connectivity index (χ1) is 12.1. The zero-order valence-corrected chi connectivity index (χ0v) is 16.9. The molecular weight excluding hydrogens is 423 g/mol. The van der Waals surface area contributed by atoms with Crippen molar-refractivity contribution in [1.82, 2.24) is 19.8 Å². The molecule has 1 N–H and O–H groups in total. The van der Waals surface area contributed by atoms with Gasteiger partial charge in [-0.25, -0.2) is 4.98 Å². The van der Waals surface area contributed by atoms with Crippen LogP contribution in [0.25, 0.3) is 22.2 Å². The lowest BCUT2D eigenvalue weighted by Crippen LogP contribution is -2.43. The van der Waals surface area contributed by atoms with E-state index in [0.29, 0.717) is 0 Å². The highest BCUT2D eigenvalue weighted by Gasteiger charge is 2.14. The average molecular weight is 446 g/mol. The summed E-state index contributed by atoms with van der Waals surface area (Å²) in [6.45, 7) is 7.78. The van der Waals surface area contributed by atoms with Crippen LogP contribution in [0.15, 0.2) is 36.5 Å². The number of aryl methyl sites for hydroxylation is 1. The summed E-state index contributed by atoms with van der Waals surface area (Å²) in [5.41, 5.74) is 5.94. The molecule has 1 aromatic carbocycles. The summed E-state index contributed by atoms with van der Waals surface area (Å²) in [6, 6.07) is 11.2. The number of H-pyrrole nitrogens is 1. The van der Waals surface area contributed by atoms with Gasteiger partial charge in [-0.2, -0.15) is 0 Å². The van der Waals surface area contributed by atoms with Gasteiger partial charge in [0, 0.05) is 59.1 Å². The molecule has 4 nitrogen and oxygen atoms in total. The molecule has 0 spiro atoms. The molecule has 25 heavy (non-hydrogen) atoms. The van der Waals surface area contributed by atoms with E-state index in [1.54, 1.807) is 0 Å². The third-order valence-corrected chi connectivity index (χ3v) is 6.44. The molecule has 3 heterocycles. The smallest absolute Gasteiger partial charge is 0.138 e. The van der Waals surface area contributed by atoms with Gasteiger partial charge in [0.25, 0.3) is 0 Å². The highest BCUT2D eigenvalue weighted by molar-refractivity contribution is 14.1. The monoisotopic (exact) mass is 446 g/mol. The van der Waals surface area contributed by atoms with E-state index in [0.717, 1.165) is 25.3 Å². The summed E-state index contributed by atoms with van der Waals surface area (Å²) < 4.78 is 1.26. The molecule has 1 aliphatic heterocycles. The van der Waals surface area contributed by atoms with Crippen LogP contribution in [0, 0.1) is 10.5 Å². The molecule has 0 aliphatic carbocycles. The molecule has 130 valence electrons. The van der Waals surface area contributed by atoms with E-state index >= 15 is 0 Å². The van der Waals surface area contributed by atoms with E-state index in [1.165, 1.54) is 44.4 Å². The lowest BCUT2D eigenvalue weighted by molar-refractivity contribution is 0.148. The molecule has 3 aromatic rings. The average Bonchev–Trinajstić information content (AvgIpc) is 2.92. The molecule has 4 rings (SSSR count). The van der Waals surface area contributed by atoms with Crippen LogP contribution in [0.3, 0.4) is 0 Å². The topological polar surface area (TPSA) is 35.2 Å². The van der Waals surface area contributed by atoms with Gasteiger partial charge < -0.3 is 9.88 Å². The predicted molar refractivity (Wildman–Crippen MR) is 112 cm³/mol. The van der Waals surface area contributed by atoms with Crippen LogP contribution in [0.4, 0.5) is 0 Å². The van der Waals surface area contributed by atoms with Crippen molar-refractivity contribution in [3.05, 3.63) is 51.4 Å². The second-order valence-corrected chi connectivity index (χ2v) is 8.04. The SMILES string of the molecule is Cc1[nH]c2ncc(-c3ccc(CN4CCN(C)CC4)cc3)cc2c1I. The van der Waals surface area contributed by atoms with E-state index in [-0.39, 0.29) is 0 Å². The largest absolute Gasteiger partial charge is 0.343 e. The van der Waals surface area contributed by atoms with Gasteiger partial charge in [0.2, 0.25) is 0 Å². The molecule has 5 heteroatoms. The molecule has 2 aromatic heterocycles. The summed E-state index contributed by atoms with van der Waals surface area (Å²) >= 11 is 2.39. The molecule has 0 bridgehead atoms. The Bertz CT molecular complexity index is 877. The van der Waals surface area contributed by atoms with Gasteiger partial charge in [-0.15, -0.1) is 0 Å². The molecule has 1 saturated heterocycles. The molecule has 0 saturated carbocycles. The van der Waals surface area contributed by atoms with E-state index in [2.05, 4.69) is 86.7 Å². The van der Waals surface area contributed by atoms with Gasteiger partial charge in [-0.05, 0) is 53.8 Å². The third-order valence-electron chi connectivity index (χ3n) is 5.05.